The number of carbonyl (C=O) groups is 1. The highest BCUT2D eigenvalue weighted by atomic mass is 16.5. The fourth-order valence-electron chi connectivity index (χ4n) is 2.99. The Balaban J connectivity index is 1.83. The molecule has 0 aliphatic rings. The Morgan fingerprint density at radius 2 is 1.65 bits per heavy atom. The Kier molecular flexibility index (Phi) is 7.08. The summed E-state index contributed by atoms with van der Waals surface area (Å²) in [5.41, 5.74) is 4.28. The van der Waals surface area contributed by atoms with Crippen LogP contribution in [0.4, 0.5) is 0 Å². The summed E-state index contributed by atoms with van der Waals surface area (Å²) in [6, 6.07) is 22.1. The van der Waals surface area contributed by atoms with Crippen molar-refractivity contribution in [2.24, 2.45) is 0 Å². The Labute approximate surface area is 181 Å². The van der Waals surface area contributed by atoms with Gasteiger partial charge in [0, 0.05) is 0 Å². The molecule has 0 bridgehead atoms. The summed E-state index contributed by atoms with van der Waals surface area (Å²) in [7, 11) is 0. The van der Waals surface area contributed by atoms with Crippen LogP contribution in [0, 0.1) is 18.3 Å². The highest BCUT2D eigenvalue weighted by Gasteiger charge is 2.09. The summed E-state index contributed by atoms with van der Waals surface area (Å²) in [4.78, 5) is 11.0. The van der Waals surface area contributed by atoms with Crippen LogP contribution in [0.15, 0.2) is 66.7 Å². The molecule has 0 aliphatic heterocycles. The maximum Gasteiger partial charge on any atom is 0.335 e. The monoisotopic (exact) mass is 413 g/mol. The lowest BCUT2D eigenvalue weighted by Gasteiger charge is -2.13. The van der Waals surface area contributed by atoms with E-state index in [1.165, 1.54) is 17.7 Å². The number of rotatable bonds is 8. The summed E-state index contributed by atoms with van der Waals surface area (Å²) in [5, 5.41) is 18.6. The van der Waals surface area contributed by atoms with Crippen molar-refractivity contribution >= 4 is 17.6 Å². The van der Waals surface area contributed by atoms with Crippen molar-refractivity contribution in [3.63, 3.8) is 0 Å². The van der Waals surface area contributed by atoms with E-state index in [1.807, 2.05) is 56.3 Å². The van der Waals surface area contributed by atoms with E-state index < -0.39 is 5.97 Å². The van der Waals surface area contributed by atoms with Crippen LogP contribution in [0.5, 0.6) is 11.5 Å². The van der Waals surface area contributed by atoms with Gasteiger partial charge in [0.05, 0.1) is 23.8 Å². The second-order valence-electron chi connectivity index (χ2n) is 6.97. The molecule has 1 N–H and O–H groups in total. The SMILES string of the molecule is CCOc1cc(C=C(C#N)c2ccc(C(=O)O)cc2)ccc1OCc1ccc(C)cc1. The molecule has 0 unspecified atom stereocenters. The number of aromatic carboxylic acids is 1. The van der Waals surface area contributed by atoms with Crippen molar-refractivity contribution in [1.29, 1.82) is 5.26 Å². The maximum atomic E-state index is 11.0. The molecule has 5 nitrogen and oxygen atoms in total. The van der Waals surface area contributed by atoms with Crippen LogP contribution >= 0.6 is 0 Å². The minimum atomic E-state index is -1.00. The molecule has 0 radical (unpaired) electrons. The number of nitriles is 1. The second-order valence-corrected chi connectivity index (χ2v) is 6.97. The Morgan fingerprint density at radius 3 is 2.26 bits per heavy atom. The first-order chi connectivity index (χ1) is 15.0. The molecular weight excluding hydrogens is 390 g/mol. The normalized spacial score (nSPS) is 10.9. The summed E-state index contributed by atoms with van der Waals surface area (Å²) >= 11 is 0. The minimum absolute atomic E-state index is 0.176. The van der Waals surface area contributed by atoms with Gasteiger partial charge in [-0.3, -0.25) is 0 Å². The average molecular weight is 413 g/mol. The van der Waals surface area contributed by atoms with Crippen LogP contribution in [-0.2, 0) is 6.61 Å². The largest absolute Gasteiger partial charge is 0.490 e. The number of ether oxygens (including phenoxy) is 2. The van der Waals surface area contributed by atoms with E-state index >= 15 is 0 Å². The summed E-state index contributed by atoms with van der Waals surface area (Å²) in [6.07, 6.45) is 1.74. The third-order valence-electron chi connectivity index (χ3n) is 4.66. The topological polar surface area (TPSA) is 79.5 Å². The van der Waals surface area contributed by atoms with Crippen molar-refractivity contribution < 1.29 is 19.4 Å². The summed E-state index contributed by atoms with van der Waals surface area (Å²) in [5.74, 6) is 0.224. The van der Waals surface area contributed by atoms with E-state index in [-0.39, 0.29) is 5.56 Å². The van der Waals surface area contributed by atoms with Gasteiger partial charge in [-0.2, -0.15) is 5.26 Å². The lowest BCUT2D eigenvalue weighted by molar-refractivity contribution is 0.0697. The zero-order valence-corrected chi connectivity index (χ0v) is 17.5. The molecule has 0 amide bonds. The van der Waals surface area contributed by atoms with Gasteiger partial charge in [0.25, 0.3) is 0 Å². The summed E-state index contributed by atoms with van der Waals surface area (Å²) in [6.45, 7) is 4.85. The quantitative estimate of drug-likeness (QED) is 0.376. The fourth-order valence-corrected chi connectivity index (χ4v) is 2.99. The Bertz CT molecular complexity index is 1120. The number of carboxylic acid groups (broad SMARTS) is 1. The van der Waals surface area contributed by atoms with E-state index in [9.17, 15) is 10.1 Å². The number of hydrogen-bond acceptors (Lipinski definition) is 4. The van der Waals surface area contributed by atoms with Crippen LogP contribution in [0.25, 0.3) is 11.6 Å². The first kappa shape index (κ1) is 21.7. The third-order valence-corrected chi connectivity index (χ3v) is 4.66. The van der Waals surface area contributed by atoms with Crippen LogP contribution in [0.3, 0.4) is 0 Å². The molecule has 5 heteroatoms. The van der Waals surface area contributed by atoms with Gasteiger partial charge in [-0.05, 0) is 60.9 Å². The number of aryl methyl sites for hydroxylation is 1. The van der Waals surface area contributed by atoms with Gasteiger partial charge in [-0.15, -0.1) is 0 Å². The standard InChI is InChI=1S/C26H23NO4/c1-3-30-25-15-20(8-13-24(25)31-17-19-6-4-18(2)5-7-19)14-23(16-27)21-9-11-22(12-10-21)26(28)29/h4-15H,3,17H2,1-2H3,(H,28,29). The van der Waals surface area contributed by atoms with Crippen LogP contribution in [-0.4, -0.2) is 17.7 Å². The van der Waals surface area contributed by atoms with E-state index in [0.29, 0.717) is 35.8 Å². The van der Waals surface area contributed by atoms with E-state index in [0.717, 1.165) is 11.1 Å². The maximum absolute atomic E-state index is 11.0. The lowest BCUT2D eigenvalue weighted by atomic mass is 10.0. The molecular formula is C26H23NO4. The van der Waals surface area contributed by atoms with Gasteiger partial charge in [0.2, 0.25) is 0 Å². The summed E-state index contributed by atoms with van der Waals surface area (Å²) < 4.78 is 11.7. The van der Waals surface area contributed by atoms with Gasteiger partial charge in [-0.25, -0.2) is 4.79 Å². The van der Waals surface area contributed by atoms with Gasteiger partial charge in [0.15, 0.2) is 11.5 Å². The van der Waals surface area contributed by atoms with Crippen molar-refractivity contribution in [2.45, 2.75) is 20.5 Å². The predicted octanol–water partition coefficient (Wildman–Crippen LogP) is 5.74. The van der Waals surface area contributed by atoms with Gasteiger partial charge in [0.1, 0.15) is 6.61 Å². The third kappa shape index (κ3) is 5.74. The molecule has 0 atom stereocenters. The Morgan fingerprint density at radius 1 is 0.968 bits per heavy atom. The number of hydrogen-bond donors (Lipinski definition) is 1. The molecule has 0 heterocycles. The average Bonchev–Trinajstić information content (AvgIpc) is 2.78. The molecule has 3 aromatic rings. The van der Waals surface area contributed by atoms with Crippen LogP contribution < -0.4 is 9.47 Å². The van der Waals surface area contributed by atoms with Gasteiger partial charge in [-0.1, -0.05) is 48.0 Å². The van der Waals surface area contributed by atoms with Crippen LogP contribution in [0.1, 0.15) is 39.5 Å². The number of allylic oxidation sites excluding steroid dienone is 1. The molecule has 0 aliphatic carbocycles. The van der Waals surface area contributed by atoms with Crippen LogP contribution in [0.2, 0.25) is 0 Å². The van der Waals surface area contributed by atoms with E-state index in [1.54, 1.807) is 18.2 Å². The second kappa shape index (κ2) is 10.1. The molecule has 0 saturated carbocycles. The zero-order chi connectivity index (χ0) is 22.2. The van der Waals surface area contributed by atoms with Crippen molar-refractivity contribution in [3.8, 4) is 17.6 Å². The predicted molar refractivity (Wildman–Crippen MR) is 120 cm³/mol. The first-order valence-corrected chi connectivity index (χ1v) is 9.91. The number of carboxylic acids is 1. The van der Waals surface area contributed by atoms with Crippen molar-refractivity contribution in [1.82, 2.24) is 0 Å². The molecule has 3 rings (SSSR count). The highest BCUT2D eigenvalue weighted by Crippen LogP contribution is 2.31. The zero-order valence-electron chi connectivity index (χ0n) is 17.5. The van der Waals surface area contributed by atoms with Gasteiger partial charge >= 0.3 is 5.97 Å². The van der Waals surface area contributed by atoms with Crippen molar-refractivity contribution in [2.75, 3.05) is 6.61 Å². The van der Waals surface area contributed by atoms with E-state index in [2.05, 4.69) is 6.07 Å². The first-order valence-electron chi connectivity index (χ1n) is 9.91. The van der Waals surface area contributed by atoms with E-state index in [4.69, 9.17) is 14.6 Å². The molecule has 0 saturated heterocycles. The molecule has 0 aromatic heterocycles. The van der Waals surface area contributed by atoms with Crippen molar-refractivity contribution in [3.05, 3.63) is 94.5 Å². The smallest absolute Gasteiger partial charge is 0.335 e. The minimum Gasteiger partial charge on any atom is -0.490 e. The molecule has 0 spiro atoms. The molecule has 156 valence electrons. The lowest BCUT2D eigenvalue weighted by Crippen LogP contribution is -2.00. The molecule has 3 aromatic carbocycles. The fraction of sp³-hybridized carbons (Fsp3) is 0.154. The molecule has 31 heavy (non-hydrogen) atoms. The van der Waals surface area contributed by atoms with Gasteiger partial charge < -0.3 is 14.6 Å². The highest BCUT2D eigenvalue weighted by molar-refractivity contribution is 5.92. The number of nitrogens with zero attached hydrogens (tertiary/aromatic N) is 1. The number of benzene rings is 3. The molecule has 0 fully saturated rings. The Hall–Kier alpha value is -4.04.